The Labute approximate surface area is 227 Å². The molecule has 6 rings (SSSR count). The zero-order valence-electron chi connectivity index (χ0n) is 21.0. The van der Waals surface area contributed by atoms with Crippen LogP contribution in [0.4, 0.5) is 14.5 Å². The number of aryl methyl sites for hydroxylation is 2. The summed E-state index contributed by atoms with van der Waals surface area (Å²) in [6.07, 6.45) is -0.568. The molecule has 2 aliphatic rings. The molecule has 1 atom stereocenters. The summed E-state index contributed by atoms with van der Waals surface area (Å²) in [5.74, 6) is -1.74. The molecule has 0 radical (unpaired) electrons. The first-order valence-electron chi connectivity index (χ1n) is 12.3. The number of benzene rings is 2. The molecule has 0 bridgehead atoms. The smallest absolute Gasteiger partial charge is 0.256 e. The summed E-state index contributed by atoms with van der Waals surface area (Å²) in [7, 11) is 0. The maximum Gasteiger partial charge on any atom is 0.256 e. The number of hydrogen-bond acceptors (Lipinski definition) is 5. The number of aliphatic imine (C=N–C) groups is 1. The van der Waals surface area contributed by atoms with Crippen molar-refractivity contribution in [2.45, 2.75) is 52.0 Å². The highest BCUT2D eigenvalue weighted by Gasteiger charge is 2.37. The number of fused-ring (bicyclic) bond motifs is 4. The fourth-order valence-corrected chi connectivity index (χ4v) is 6.52. The van der Waals surface area contributed by atoms with Crippen LogP contribution in [0.25, 0.3) is 5.00 Å². The van der Waals surface area contributed by atoms with Crippen molar-refractivity contribution < 1.29 is 13.6 Å². The summed E-state index contributed by atoms with van der Waals surface area (Å²) in [5, 5.41) is 13.2. The van der Waals surface area contributed by atoms with E-state index in [0.29, 0.717) is 33.5 Å². The van der Waals surface area contributed by atoms with Crippen molar-refractivity contribution >= 4 is 40.2 Å². The van der Waals surface area contributed by atoms with Gasteiger partial charge in [-0.15, -0.1) is 21.5 Å². The van der Waals surface area contributed by atoms with E-state index in [9.17, 15) is 13.6 Å². The highest BCUT2D eigenvalue weighted by molar-refractivity contribution is 7.15. The molecule has 1 N–H and O–H groups in total. The van der Waals surface area contributed by atoms with Gasteiger partial charge < -0.3 is 5.32 Å². The zero-order valence-corrected chi connectivity index (χ0v) is 22.6. The number of nitrogens with zero attached hydrogens (tertiary/aromatic N) is 4. The van der Waals surface area contributed by atoms with Gasteiger partial charge in [0.15, 0.2) is 5.82 Å². The average molecular weight is 552 g/mol. The molecule has 0 spiro atoms. The number of hydrogen-bond donors (Lipinski definition) is 1. The van der Waals surface area contributed by atoms with E-state index in [4.69, 9.17) is 16.6 Å². The molecule has 194 valence electrons. The molecule has 3 heterocycles. The monoisotopic (exact) mass is 551 g/mol. The van der Waals surface area contributed by atoms with Crippen molar-refractivity contribution in [1.82, 2.24) is 14.8 Å². The minimum atomic E-state index is -2.74. The second-order valence-corrected chi connectivity index (χ2v) is 11.5. The van der Waals surface area contributed by atoms with Gasteiger partial charge in [-0.25, -0.2) is 8.78 Å². The van der Waals surface area contributed by atoms with Crippen LogP contribution in [0.1, 0.15) is 56.8 Å². The Kier molecular flexibility index (Phi) is 5.96. The molecule has 6 nitrogen and oxygen atoms in total. The highest BCUT2D eigenvalue weighted by Crippen LogP contribution is 2.40. The van der Waals surface area contributed by atoms with Gasteiger partial charge in [0.05, 0.1) is 12.1 Å². The molecular weight excluding hydrogens is 528 g/mol. The summed E-state index contributed by atoms with van der Waals surface area (Å²) < 4.78 is 29.7. The van der Waals surface area contributed by atoms with E-state index in [1.165, 1.54) is 0 Å². The Bertz CT molecular complexity index is 1620. The van der Waals surface area contributed by atoms with Crippen molar-refractivity contribution in [2.75, 3.05) is 5.32 Å². The van der Waals surface area contributed by atoms with Crippen molar-refractivity contribution in [3.05, 3.63) is 91.8 Å². The highest BCUT2D eigenvalue weighted by atomic mass is 35.5. The van der Waals surface area contributed by atoms with Gasteiger partial charge in [-0.05, 0) is 61.7 Å². The maximum atomic E-state index is 13.8. The molecule has 1 amide bonds. The maximum absolute atomic E-state index is 13.8. The van der Waals surface area contributed by atoms with Gasteiger partial charge in [0, 0.05) is 39.6 Å². The van der Waals surface area contributed by atoms with E-state index in [1.54, 1.807) is 29.5 Å². The van der Waals surface area contributed by atoms with Crippen LogP contribution in [0.2, 0.25) is 5.02 Å². The molecule has 2 aromatic carbocycles. The zero-order chi connectivity index (χ0) is 26.8. The van der Waals surface area contributed by atoms with Crippen LogP contribution in [0, 0.1) is 20.8 Å². The van der Waals surface area contributed by atoms with Gasteiger partial charge in [-0.2, -0.15) is 0 Å². The molecule has 0 unspecified atom stereocenters. The van der Waals surface area contributed by atoms with Gasteiger partial charge in [-0.3, -0.25) is 14.4 Å². The normalized spacial score (nSPS) is 17.3. The number of halogens is 3. The Morgan fingerprint density at radius 3 is 2.61 bits per heavy atom. The number of rotatable bonds is 4. The third-order valence-electron chi connectivity index (χ3n) is 7.12. The van der Waals surface area contributed by atoms with Crippen LogP contribution in [0.3, 0.4) is 0 Å². The Hall–Kier alpha value is -3.43. The number of anilines is 1. The topological polar surface area (TPSA) is 72.2 Å². The summed E-state index contributed by atoms with van der Waals surface area (Å²) in [5.41, 5.74) is 5.42. The van der Waals surface area contributed by atoms with E-state index in [1.807, 2.05) is 35.8 Å². The van der Waals surface area contributed by atoms with Crippen LogP contribution in [-0.4, -0.2) is 32.3 Å². The molecular formula is C28H24ClF2N5OS. The summed E-state index contributed by atoms with van der Waals surface area (Å²) in [4.78, 5) is 19.5. The van der Waals surface area contributed by atoms with E-state index < -0.39 is 12.0 Å². The summed E-state index contributed by atoms with van der Waals surface area (Å²) in [6, 6.07) is 11.9. The Balaban J connectivity index is 1.38. The number of amides is 1. The van der Waals surface area contributed by atoms with E-state index >= 15 is 0 Å². The summed E-state index contributed by atoms with van der Waals surface area (Å²) in [6.45, 7) is 6.03. The third-order valence-corrected chi connectivity index (χ3v) is 8.57. The number of alkyl halides is 2. The quantitative estimate of drug-likeness (QED) is 0.312. The molecule has 0 saturated carbocycles. The predicted octanol–water partition coefficient (Wildman–Crippen LogP) is 6.56. The van der Waals surface area contributed by atoms with Gasteiger partial charge in [0.2, 0.25) is 5.91 Å². The lowest BCUT2D eigenvalue weighted by Crippen LogP contribution is -2.17. The first-order chi connectivity index (χ1) is 18.1. The average Bonchev–Trinajstić information content (AvgIpc) is 3.45. The van der Waals surface area contributed by atoms with Crippen molar-refractivity contribution in [2.24, 2.45) is 4.99 Å². The molecule has 10 heteroatoms. The van der Waals surface area contributed by atoms with E-state index in [0.717, 1.165) is 32.3 Å². The minimum absolute atomic E-state index is 0.00936. The number of thiophene rings is 1. The molecule has 1 aliphatic heterocycles. The minimum Gasteiger partial charge on any atom is -0.326 e. The molecule has 38 heavy (non-hydrogen) atoms. The number of carbonyl (C=O) groups excluding carboxylic acids is 1. The van der Waals surface area contributed by atoms with Crippen LogP contribution >= 0.6 is 22.9 Å². The van der Waals surface area contributed by atoms with Crippen LogP contribution in [0.15, 0.2) is 47.5 Å². The van der Waals surface area contributed by atoms with Crippen molar-refractivity contribution in [3.8, 4) is 5.00 Å². The first kappa shape index (κ1) is 24.9. The number of carbonyl (C=O) groups is 1. The van der Waals surface area contributed by atoms with Gasteiger partial charge in [0.25, 0.3) is 5.92 Å². The lowest BCUT2D eigenvalue weighted by molar-refractivity contribution is -0.116. The molecule has 0 saturated heterocycles. The molecule has 2 aromatic heterocycles. The third kappa shape index (κ3) is 4.33. The Morgan fingerprint density at radius 2 is 1.84 bits per heavy atom. The van der Waals surface area contributed by atoms with Crippen LogP contribution in [0.5, 0.6) is 0 Å². The molecule has 1 aliphatic carbocycles. The van der Waals surface area contributed by atoms with E-state index in [2.05, 4.69) is 29.4 Å². The predicted molar refractivity (Wildman–Crippen MR) is 145 cm³/mol. The number of nitrogens with one attached hydrogen (secondary N) is 1. The lowest BCUT2D eigenvalue weighted by Gasteiger charge is -2.13. The van der Waals surface area contributed by atoms with Gasteiger partial charge >= 0.3 is 0 Å². The largest absolute Gasteiger partial charge is 0.326 e. The molecule has 0 fully saturated rings. The second kappa shape index (κ2) is 9.10. The van der Waals surface area contributed by atoms with Gasteiger partial charge in [0.1, 0.15) is 16.9 Å². The van der Waals surface area contributed by atoms with E-state index in [-0.39, 0.29) is 25.2 Å². The van der Waals surface area contributed by atoms with Crippen LogP contribution < -0.4 is 5.32 Å². The SMILES string of the molecule is Cc1sc2c(c1C)C(c1ccc(Cl)cc1)=N[C@@H](CC(=O)Nc1ccc3c(c1)CC(F)(F)C3)c1nnc(C)n1-2. The second-order valence-electron chi connectivity index (χ2n) is 9.85. The van der Waals surface area contributed by atoms with Gasteiger partial charge in [-0.1, -0.05) is 29.8 Å². The van der Waals surface area contributed by atoms with Crippen molar-refractivity contribution in [1.29, 1.82) is 0 Å². The number of aromatic nitrogens is 3. The summed E-state index contributed by atoms with van der Waals surface area (Å²) >= 11 is 7.81. The fraction of sp³-hybridized carbons (Fsp3) is 0.286. The lowest BCUT2D eigenvalue weighted by atomic mass is 9.99. The van der Waals surface area contributed by atoms with Crippen molar-refractivity contribution in [3.63, 3.8) is 0 Å². The fourth-order valence-electron chi connectivity index (χ4n) is 5.18. The van der Waals surface area contributed by atoms with Crippen LogP contribution in [-0.2, 0) is 17.6 Å². The first-order valence-corrected chi connectivity index (χ1v) is 13.4. The Morgan fingerprint density at radius 1 is 1.11 bits per heavy atom. The molecule has 4 aromatic rings. The standard InChI is InChI=1S/C28H24ClF2N5OS/c1-14-15(2)38-27-24(14)25(17-4-7-20(29)8-5-17)33-22(26-35-34-16(3)36(26)27)11-23(37)32-21-9-6-18-12-28(30,31)13-19(18)10-21/h4-10,22H,11-13H2,1-3H3,(H,32,37)/t22-/m0/s1.